The number of aromatic nitrogens is 2. The monoisotopic (exact) mass is 404 g/mol. The van der Waals surface area contributed by atoms with Crippen molar-refractivity contribution in [1.82, 2.24) is 19.6 Å². The van der Waals surface area contributed by atoms with Gasteiger partial charge in [0.05, 0.1) is 11.4 Å². The van der Waals surface area contributed by atoms with Crippen LogP contribution < -0.4 is 5.32 Å². The molecule has 0 unspecified atom stereocenters. The predicted octanol–water partition coefficient (Wildman–Crippen LogP) is 4.79. The van der Waals surface area contributed by atoms with Crippen LogP contribution in [0.2, 0.25) is 5.02 Å². The van der Waals surface area contributed by atoms with E-state index in [1.54, 1.807) is 0 Å². The molecule has 5 heteroatoms. The second-order valence-corrected chi connectivity index (χ2v) is 8.16. The molecule has 0 radical (unpaired) electrons. The Labute approximate surface area is 176 Å². The molecule has 0 atom stereocenters. The highest BCUT2D eigenvalue weighted by molar-refractivity contribution is 6.30. The van der Waals surface area contributed by atoms with Crippen molar-refractivity contribution in [2.45, 2.75) is 19.4 Å². The lowest BCUT2D eigenvalue weighted by molar-refractivity contribution is 0.230. The molecule has 1 N–H and O–H groups in total. The Balaban J connectivity index is 1.62. The highest BCUT2D eigenvalue weighted by Gasteiger charge is 2.19. The molecule has 0 bridgehead atoms. The van der Waals surface area contributed by atoms with Crippen molar-refractivity contribution in [2.75, 3.05) is 26.2 Å². The van der Waals surface area contributed by atoms with E-state index in [9.17, 15) is 0 Å². The molecule has 5 rings (SSSR count). The van der Waals surface area contributed by atoms with Gasteiger partial charge in [-0.2, -0.15) is 0 Å². The van der Waals surface area contributed by atoms with Crippen LogP contribution in [0.3, 0.4) is 0 Å². The van der Waals surface area contributed by atoms with Gasteiger partial charge in [-0.3, -0.25) is 4.90 Å². The summed E-state index contributed by atoms with van der Waals surface area (Å²) >= 11 is 6.13. The standard InChI is InChI=1S/C24H25ClN4/c25-21-9-6-19(7-10-21)24-22(17-28-14-12-26-13-15-28)29-16-20(8-11-23(29)27-24)18-4-2-1-3-5-18/h2,4-11,16,26H,1,3,12-15,17H2. The maximum atomic E-state index is 6.13. The molecule has 1 aliphatic carbocycles. The summed E-state index contributed by atoms with van der Waals surface area (Å²) in [6.07, 6.45) is 11.3. The molecule has 29 heavy (non-hydrogen) atoms. The molecule has 3 heterocycles. The third-order valence-corrected chi connectivity index (χ3v) is 6.00. The van der Waals surface area contributed by atoms with Crippen molar-refractivity contribution >= 4 is 22.8 Å². The third-order valence-electron chi connectivity index (χ3n) is 5.75. The first-order valence-electron chi connectivity index (χ1n) is 10.3. The first kappa shape index (κ1) is 18.6. The van der Waals surface area contributed by atoms with Crippen molar-refractivity contribution in [3.63, 3.8) is 0 Å². The Morgan fingerprint density at radius 1 is 0.966 bits per heavy atom. The van der Waals surface area contributed by atoms with Gasteiger partial charge in [0.1, 0.15) is 5.65 Å². The second-order valence-electron chi connectivity index (χ2n) is 7.73. The Hall–Kier alpha value is -2.40. The van der Waals surface area contributed by atoms with Gasteiger partial charge in [0.2, 0.25) is 0 Å². The number of imidazole rings is 1. The zero-order valence-electron chi connectivity index (χ0n) is 16.4. The van der Waals surface area contributed by atoms with Crippen molar-refractivity contribution in [2.24, 2.45) is 0 Å². The van der Waals surface area contributed by atoms with Gasteiger partial charge in [0.25, 0.3) is 0 Å². The van der Waals surface area contributed by atoms with Crippen LogP contribution in [0.1, 0.15) is 24.1 Å². The summed E-state index contributed by atoms with van der Waals surface area (Å²) in [5, 5.41) is 4.19. The molecule has 0 amide bonds. The highest BCUT2D eigenvalue weighted by atomic mass is 35.5. The number of rotatable bonds is 4. The number of nitrogens with one attached hydrogen (secondary N) is 1. The number of pyridine rings is 1. The predicted molar refractivity (Wildman–Crippen MR) is 120 cm³/mol. The molecule has 2 aliphatic rings. The van der Waals surface area contributed by atoms with E-state index in [0.29, 0.717) is 0 Å². The summed E-state index contributed by atoms with van der Waals surface area (Å²) in [5.74, 6) is 0. The van der Waals surface area contributed by atoms with Crippen LogP contribution in [0.15, 0.2) is 60.8 Å². The second kappa shape index (κ2) is 8.15. The molecule has 1 aromatic carbocycles. The van der Waals surface area contributed by atoms with Gasteiger partial charge in [-0.15, -0.1) is 0 Å². The van der Waals surface area contributed by atoms with Crippen molar-refractivity contribution < 1.29 is 0 Å². The quantitative estimate of drug-likeness (QED) is 0.678. The number of hydrogen-bond donors (Lipinski definition) is 1. The summed E-state index contributed by atoms with van der Waals surface area (Å²) in [7, 11) is 0. The Kier molecular flexibility index (Phi) is 5.23. The summed E-state index contributed by atoms with van der Waals surface area (Å²) in [6.45, 7) is 5.08. The van der Waals surface area contributed by atoms with Crippen molar-refractivity contribution in [1.29, 1.82) is 0 Å². The number of hydrogen-bond acceptors (Lipinski definition) is 3. The molecule has 1 aliphatic heterocycles. The highest BCUT2D eigenvalue weighted by Crippen LogP contribution is 2.29. The average molecular weight is 405 g/mol. The van der Waals surface area contributed by atoms with E-state index < -0.39 is 0 Å². The number of nitrogens with zero attached hydrogens (tertiary/aromatic N) is 3. The van der Waals surface area contributed by atoms with E-state index in [1.807, 2.05) is 12.1 Å². The minimum Gasteiger partial charge on any atom is -0.314 e. The van der Waals surface area contributed by atoms with Crippen LogP contribution in [-0.4, -0.2) is 40.5 Å². The number of fused-ring (bicyclic) bond motifs is 1. The van der Waals surface area contributed by atoms with E-state index in [-0.39, 0.29) is 0 Å². The smallest absolute Gasteiger partial charge is 0.137 e. The Morgan fingerprint density at radius 2 is 1.76 bits per heavy atom. The van der Waals surface area contributed by atoms with E-state index in [2.05, 4.69) is 63.3 Å². The average Bonchev–Trinajstić information content (AvgIpc) is 3.13. The van der Waals surface area contributed by atoms with Gasteiger partial charge in [0.15, 0.2) is 0 Å². The van der Waals surface area contributed by atoms with Gasteiger partial charge < -0.3 is 9.72 Å². The number of piperazine rings is 1. The third kappa shape index (κ3) is 3.88. The van der Waals surface area contributed by atoms with Gasteiger partial charge in [-0.1, -0.05) is 42.0 Å². The van der Waals surface area contributed by atoms with Crippen LogP contribution in [-0.2, 0) is 6.54 Å². The maximum absolute atomic E-state index is 6.13. The fraction of sp³-hybridized carbons (Fsp3) is 0.292. The van der Waals surface area contributed by atoms with Crippen LogP contribution in [0.4, 0.5) is 0 Å². The molecule has 0 spiro atoms. The van der Waals surface area contributed by atoms with Gasteiger partial charge in [-0.05, 0) is 48.2 Å². The summed E-state index contributed by atoms with van der Waals surface area (Å²) < 4.78 is 2.28. The molecule has 148 valence electrons. The zero-order chi connectivity index (χ0) is 19.6. The number of allylic oxidation sites excluding steroid dienone is 4. The SMILES string of the molecule is Clc1ccc(-c2nc3ccc(C4=CCCC=C4)cn3c2CN2CCNCC2)cc1. The molecule has 1 saturated heterocycles. The Morgan fingerprint density at radius 3 is 2.52 bits per heavy atom. The van der Waals surface area contributed by atoms with Crippen LogP contribution >= 0.6 is 11.6 Å². The zero-order valence-corrected chi connectivity index (χ0v) is 17.2. The summed E-state index contributed by atoms with van der Waals surface area (Å²) in [5.41, 5.74) is 6.94. The summed E-state index contributed by atoms with van der Waals surface area (Å²) in [4.78, 5) is 7.51. The molecule has 0 saturated carbocycles. The number of benzene rings is 1. The fourth-order valence-corrected chi connectivity index (χ4v) is 4.29. The molecule has 1 fully saturated rings. The van der Waals surface area contributed by atoms with Crippen LogP contribution in [0.5, 0.6) is 0 Å². The molecular formula is C24H25ClN4. The van der Waals surface area contributed by atoms with Crippen molar-refractivity contribution in [3.05, 3.63) is 77.1 Å². The number of halogens is 1. The lowest BCUT2D eigenvalue weighted by Crippen LogP contribution is -2.43. The van der Waals surface area contributed by atoms with E-state index in [1.165, 1.54) is 16.8 Å². The molecule has 4 nitrogen and oxygen atoms in total. The first-order chi connectivity index (χ1) is 14.3. The normalized spacial score (nSPS) is 17.6. The Bertz CT molecular complexity index is 1070. The minimum absolute atomic E-state index is 0.750. The van der Waals surface area contributed by atoms with Crippen LogP contribution in [0, 0.1) is 0 Å². The lowest BCUT2D eigenvalue weighted by Gasteiger charge is -2.27. The fourth-order valence-electron chi connectivity index (χ4n) is 4.16. The minimum atomic E-state index is 0.750. The van der Waals surface area contributed by atoms with Gasteiger partial charge in [-0.25, -0.2) is 4.98 Å². The summed E-state index contributed by atoms with van der Waals surface area (Å²) in [6, 6.07) is 12.3. The molecule has 3 aromatic rings. The largest absolute Gasteiger partial charge is 0.314 e. The van der Waals surface area contributed by atoms with Crippen LogP contribution in [0.25, 0.3) is 22.5 Å². The van der Waals surface area contributed by atoms with E-state index >= 15 is 0 Å². The van der Waals surface area contributed by atoms with Gasteiger partial charge >= 0.3 is 0 Å². The first-order valence-corrected chi connectivity index (χ1v) is 10.7. The maximum Gasteiger partial charge on any atom is 0.137 e. The van der Waals surface area contributed by atoms with E-state index in [0.717, 1.165) is 67.5 Å². The van der Waals surface area contributed by atoms with Crippen molar-refractivity contribution in [3.8, 4) is 11.3 Å². The van der Waals surface area contributed by atoms with E-state index in [4.69, 9.17) is 16.6 Å². The molecular weight excluding hydrogens is 380 g/mol. The topological polar surface area (TPSA) is 32.6 Å². The van der Waals surface area contributed by atoms with Gasteiger partial charge in [0, 0.05) is 49.5 Å². The lowest BCUT2D eigenvalue weighted by atomic mass is 10.0. The molecule has 2 aromatic heterocycles.